The summed E-state index contributed by atoms with van der Waals surface area (Å²) in [4.78, 5) is 0. The largest absolute Gasteiger partial charge is 0.0654 e. The van der Waals surface area contributed by atoms with Gasteiger partial charge in [-0.25, -0.2) is 0 Å². The van der Waals surface area contributed by atoms with E-state index in [4.69, 9.17) is 0 Å². The summed E-state index contributed by atoms with van der Waals surface area (Å²) < 4.78 is 0. The van der Waals surface area contributed by atoms with Gasteiger partial charge in [0.15, 0.2) is 0 Å². The number of rotatable bonds is 10. The molecule has 26 heavy (non-hydrogen) atoms. The molecule has 0 nitrogen and oxygen atoms in total. The van der Waals surface area contributed by atoms with Crippen LogP contribution in [-0.2, 0) is 0 Å². The second-order valence-electron chi connectivity index (χ2n) is 8.72. The van der Waals surface area contributed by atoms with Gasteiger partial charge in [0.05, 0.1) is 0 Å². The van der Waals surface area contributed by atoms with Gasteiger partial charge in [-0.05, 0) is 28.5 Å². The third-order valence-electron chi connectivity index (χ3n) is 5.90. The summed E-state index contributed by atoms with van der Waals surface area (Å²) in [6.45, 7) is 11.8. The second-order valence-corrected chi connectivity index (χ2v) is 8.72. The summed E-state index contributed by atoms with van der Waals surface area (Å²) in [5.74, 6) is 0.817. The van der Waals surface area contributed by atoms with Crippen LogP contribution in [0.25, 0.3) is 10.8 Å². The van der Waals surface area contributed by atoms with Gasteiger partial charge in [0.2, 0.25) is 0 Å². The Morgan fingerprint density at radius 2 is 1.04 bits per heavy atom. The highest BCUT2D eigenvalue weighted by molar-refractivity contribution is 5.81. The highest BCUT2D eigenvalue weighted by Crippen LogP contribution is 2.32. The Kier molecular flexibility index (Phi) is 11.3. The third kappa shape index (κ3) is 9.41. The lowest BCUT2D eigenvalue weighted by Gasteiger charge is -2.29. The molecule has 2 aromatic rings. The molecule has 0 aliphatic rings. The number of fused-ring (bicyclic) bond motifs is 1. The van der Waals surface area contributed by atoms with Crippen molar-refractivity contribution >= 4 is 10.8 Å². The van der Waals surface area contributed by atoms with Gasteiger partial charge in [0.25, 0.3) is 0 Å². The summed E-state index contributed by atoms with van der Waals surface area (Å²) in [5, 5.41) is 2.62. The molecule has 0 aliphatic heterocycles. The molecule has 0 bridgehead atoms. The van der Waals surface area contributed by atoms with E-state index in [-0.39, 0.29) is 0 Å². The summed E-state index contributed by atoms with van der Waals surface area (Å²) in [7, 11) is 0. The highest BCUT2D eigenvalue weighted by Gasteiger charge is 2.20. The molecular weight excluding hydrogens is 312 g/mol. The lowest BCUT2D eigenvalue weighted by Crippen LogP contribution is -2.18. The molecule has 0 heteroatoms. The molecule has 0 aliphatic carbocycles. The minimum Gasteiger partial charge on any atom is -0.0654 e. The van der Waals surface area contributed by atoms with E-state index in [1.54, 1.807) is 0 Å². The fraction of sp³-hybridized carbons (Fsp3) is 0.615. The Labute approximate surface area is 163 Å². The third-order valence-corrected chi connectivity index (χ3v) is 5.90. The Bertz CT molecular complexity index is 514. The molecule has 146 valence electrons. The van der Waals surface area contributed by atoms with Crippen LogP contribution in [0.2, 0.25) is 0 Å². The van der Waals surface area contributed by atoms with Crippen LogP contribution in [0.15, 0.2) is 48.5 Å². The van der Waals surface area contributed by atoms with E-state index in [0.717, 1.165) is 5.92 Å². The normalized spacial score (nSPS) is 11.5. The fourth-order valence-corrected chi connectivity index (χ4v) is 3.14. The maximum Gasteiger partial charge on any atom is -0.0184 e. The molecule has 0 amide bonds. The average molecular weight is 355 g/mol. The maximum absolute atomic E-state index is 2.42. The van der Waals surface area contributed by atoms with E-state index in [0.29, 0.717) is 5.41 Å². The summed E-state index contributed by atoms with van der Waals surface area (Å²) in [5.41, 5.74) is 0.544. The second kappa shape index (κ2) is 13.0. The fourth-order valence-electron chi connectivity index (χ4n) is 3.14. The Balaban J connectivity index is 0.000000284. The van der Waals surface area contributed by atoms with Crippen molar-refractivity contribution in [3.05, 3.63) is 48.5 Å². The van der Waals surface area contributed by atoms with E-state index in [2.05, 4.69) is 83.1 Å². The molecule has 0 N–H and O–H groups in total. The number of hydrogen-bond acceptors (Lipinski definition) is 0. The van der Waals surface area contributed by atoms with E-state index < -0.39 is 0 Å². The monoisotopic (exact) mass is 354 g/mol. The molecule has 0 atom stereocenters. The number of benzene rings is 2. The van der Waals surface area contributed by atoms with E-state index in [9.17, 15) is 0 Å². The molecule has 2 aromatic carbocycles. The van der Waals surface area contributed by atoms with Gasteiger partial charge in [-0.3, -0.25) is 0 Å². The topological polar surface area (TPSA) is 0 Å². The molecule has 0 aromatic heterocycles. The van der Waals surface area contributed by atoms with Gasteiger partial charge in [0, 0.05) is 0 Å². The zero-order valence-electron chi connectivity index (χ0n) is 18.1. The Morgan fingerprint density at radius 3 is 1.42 bits per heavy atom. The minimum atomic E-state index is 0.544. The van der Waals surface area contributed by atoms with Crippen LogP contribution in [0, 0.1) is 11.3 Å². The van der Waals surface area contributed by atoms with Crippen molar-refractivity contribution in [2.24, 2.45) is 11.3 Å². The first-order valence-corrected chi connectivity index (χ1v) is 10.9. The quantitative estimate of drug-likeness (QED) is 0.373. The lowest BCUT2D eigenvalue weighted by molar-refractivity contribution is 0.221. The van der Waals surface area contributed by atoms with Crippen molar-refractivity contribution < 1.29 is 0 Å². The average Bonchev–Trinajstić information content (AvgIpc) is 2.64. The zero-order chi connectivity index (χ0) is 19.3. The first-order chi connectivity index (χ1) is 12.5. The lowest BCUT2D eigenvalue weighted by atomic mass is 9.77. The number of unbranched alkanes of at least 4 members (excludes halogenated alkanes) is 7. The van der Waals surface area contributed by atoms with Gasteiger partial charge in [-0.2, -0.15) is 0 Å². The molecule has 0 saturated carbocycles. The van der Waals surface area contributed by atoms with Crippen molar-refractivity contribution in [2.45, 2.75) is 92.4 Å². The Morgan fingerprint density at radius 1 is 0.654 bits per heavy atom. The van der Waals surface area contributed by atoms with Crippen LogP contribution < -0.4 is 0 Å². The van der Waals surface area contributed by atoms with Crippen molar-refractivity contribution in [2.75, 3.05) is 0 Å². The van der Waals surface area contributed by atoms with E-state index >= 15 is 0 Å². The van der Waals surface area contributed by atoms with Crippen LogP contribution in [0.5, 0.6) is 0 Å². The predicted molar refractivity (Wildman–Crippen MR) is 120 cm³/mol. The molecule has 0 fully saturated rings. The van der Waals surface area contributed by atoms with E-state index in [1.165, 1.54) is 68.6 Å². The molecule has 0 radical (unpaired) electrons. The van der Waals surface area contributed by atoms with Crippen LogP contribution in [0.1, 0.15) is 92.4 Å². The molecule has 2 rings (SSSR count). The number of hydrogen-bond donors (Lipinski definition) is 0. The van der Waals surface area contributed by atoms with Crippen molar-refractivity contribution in [1.29, 1.82) is 0 Å². The highest BCUT2D eigenvalue weighted by atomic mass is 14.3. The van der Waals surface area contributed by atoms with Crippen LogP contribution >= 0.6 is 0 Å². The first kappa shape index (κ1) is 22.7. The van der Waals surface area contributed by atoms with Gasteiger partial charge in [-0.1, -0.05) is 135 Å². The predicted octanol–water partition coefficient (Wildman–Crippen LogP) is 9.04. The van der Waals surface area contributed by atoms with Gasteiger partial charge < -0.3 is 0 Å². The SMILES string of the molecule is CCCCCCCCCCC(C)(C)C(C)C.c1ccc2ccccc2c1. The van der Waals surface area contributed by atoms with Gasteiger partial charge in [-0.15, -0.1) is 0 Å². The summed E-state index contributed by atoms with van der Waals surface area (Å²) in [6, 6.07) is 16.7. The molecule has 0 unspecified atom stereocenters. The Hall–Kier alpha value is -1.30. The van der Waals surface area contributed by atoms with Crippen LogP contribution in [-0.4, -0.2) is 0 Å². The first-order valence-electron chi connectivity index (χ1n) is 10.9. The standard InChI is InChI=1S/C16H34.C10H8/c1-6-7-8-9-10-11-12-13-14-16(4,5)15(2)3;1-2-6-10-8-4-3-7-9(10)5-1/h15H,6-14H2,1-5H3;1-8H. The molecular formula is C26H42. The molecule has 0 saturated heterocycles. The minimum absolute atomic E-state index is 0.544. The maximum atomic E-state index is 2.42. The summed E-state index contributed by atoms with van der Waals surface area (Å²) >= 11 is 0. The van der Waals surface area contributed by atoms with Gasteiger partial charge in [0.1, 0.15) is 0 Å². The zero-order valence-corrected chi connectivity index (χ0v) is 18.1. The van der Waals surface area contributed by atoms with Gasteiger partial charge >= 0.3 is 0 Å². The summed E-state index contributed by atoms with van der Waals surface area (Å²) in [6.07, 6.45) is 12.9. The molecule has 0 spiro atoms. The molecule has 0 heterocycles. The van der Waals surface area contributed by atoms with Crippen molar-refractivity contribution in [3.8, 4) is 0 Å². The van der Waals surface area contributed by atoms with Crippen LogP contribution in [0.3, 0.4) is 0 Å². The van der Waals surface area contributed by atoms with E-state index in [1.807, 2.05) is 0 Å². The van der Waals surface area contributed by atoms with Crippen molar-refractivity contribution in [3.63, 3.8) is 0 Å². The van der Waals surface area contributed by atoms with Crippen molar-refractivity contribution in [1.82, 2.24) is 0 Å². The van der Waals surface area contributed by atoms with Crippen LogP contribution in [0.4, 0.5) is 0 Å². The smallest absolute Gasteiger partial charge is 0.0184 e.